The molecule has 1 aliphatic carbocycles. The minimum Gasteiger partial charge on any atom is -0.487 e. The Morgan fingerprint density at radius 3 is 2.64 bits per heavy atom. The molecule has 0 unspecified atom stereocenters. The number of nitrogens with one attached hydrogen (secondary N) is 1. The fourth-order valence-electron chi connectivity index (χ4n) is 7.24. The van der Waals surface area contributed by atoms with E-state index in [0.29, 0.717) is 36.9 Å². The molecule has 2 N–H and O–H groups in total. The summed E-state index contributed by atoms with van der Waals surface area (Å²) in [6.45, 7) is 7.06. The third-order valence-electron chi connectivity index (χ3n) is 10.7. The average molecular weight is 681 g/mol. The van der Waals surface area contributed by atoms with E-state index in [-0.39, 0.29) is 23.3 Å². The Kier molecular flexibility index (Phi) is 9.48. The first kappa shape index (κ1) is 33.6. The summed E-state index contributed by atoms with van der Waals surface area (Å²) in [6.07, 6.45) is 10.4. The molecule has 2 aromatic carbocycles. The standard InChI is InChI=1S/C36H45ClN4O5S/c1-23-8-7-16-36(43,34-20-38-25(3)40(34)4)31-14-11-28(31)21-41-17-6-5-9-26-18-30(37)13-10-29(26)22-46-33-15-12-27(19-32(33)41)35(42)39-47(44,45)24(23)2/h7,10,12-13,15-16,18-20,23-24,28,31,43H,5-6,8-9,11,14,17,21-22H2,1-4H3,(H,39,42)/b16-7+/t23-,24+,28-,31+,36+/m0/s1. The van der Waals surface area contributed by atoms with Crippen molar-refractivity contribution in [1.29, 1.82) is 0 Å². The number of hydrogen-bond donors (Lipinski definition) is 2. The van der Waals surface area contributed by atoms with Gasteiger partial charge in [-0.1, -0.05) is 36.7 Å². The highest BCUT2D eigenvalue weighted by Crippen LogP contribution is 2.49. The van der Waals surface area contributed by atoms with Crippen LogP contribution in [0.25, 0.3) is 0 Å². The van der Waals surface area contributed by atoms with E-state index in [2.05, 4.69) is 14.6 Å². The van der Waals surface area contributed by atoms with Gasteiger partial charge in [0.1, 0.15) is 23.8 Å². The van der Waals surface area contributed by atoms with Crippen LogP contribution in [-0.2, 0) is 35.7 Å². The van der Waals surface area contributed by atoms with Crippen molar-refractivity contribution in [1.82, 2.24) is 14.3 Å². The first-order valence-electron chi connectivity index (χ1n) is 16.6. The Morgan fingerprint density at radius 2 is 1.91 bits per heavy atom. The number of rotatable bonds is 1. The van der Waals surface area contributed by atoms with Crippen LogP contribution in [0.1, 0.15) is 79.0 Å². The van der Waals surface area contributed by atoms with E-state index in [1.54, 1.807) is 31.3 Å². The van der Waals surface area contributed by atoms with Gasteiger partial charge in [-0.15, -0.1) is 0 Å². The number of hydrogen-bond acceptors (Lipinski definition) is 7. The summed E-state index contributed by atoms with van der Waals surface area (Å²) in [5, 5.41) is 12.4. The molecule has 47 heavy (non-hydrogen) atoms. The van der Waals surface area contributed by atoms with Gasteiger partial charge in [-0.05, 0) is 106 Å². The van der Waals surface area contributed by atoms with E-state index in [0.717, 1.165) is 60.4 Å². The Morgan fingerprint density at radius 1 is 1.11 bits per heavy atom. The quantitative estimate of drug-likeness (QED) is 0.301. The second kappa shape index (κ2) is 13.3. The molecular formula is C36H45ClN4O5S. The lowest BCUT2D eigenvalue weighted by Gasteiger charge is -2.48. The molecule has 5 atom stereocenters. The zero-order valence-corrected chi connectivity index (χ0v) is 29.2. The predicted molar refractivity (Wildman–Crippen MR) is 184 cm³/mol. The summed E-state index contributed by atoms with van der Waals surface area (Å²) >= 11 is 6.35. The minimum atomic E-state index is -3.99. The fraction of sp³-hybridized carbons (Fsp3) is 0.500. The van der Waals surface area contributed by atoms with Crippen LogP contribution >= 0.6 is 11.6 Å². The molecule has 2 bridgehead atoms. The summed E-state index contributed by atoms with van der Waals surface area (Å²) in [5.41, 5.74) is 2.64. The molecule has 0 saturated heterocycles. The number of carbonyl (C=O) groups excluding carboxylic acids is 1. The molecule has 3 aromatic rings. The molecule has 6 rings (SSSR count). The molecule has 3 aliphatic rings. The van der Waals surface area contributed by atoms with Crippen LogP contribution in [-0.4, -0.2) is 47.3 Å². The van der Waals surface area contributed by atoms with Crippen LogP contribution in [0.5, 0.6) is 5.75 Å². The highest BCUT2D eigenvalue weighted by Gasteiger charge is 2.48. The third kappa shape index (κ3) is 6.69. The first-order valence-corrected chi connectivity index (χ1v) is 18.5. The number of anilines is 1. The monoisotopic (exact) mass is 680 g/mol. The van der Waals surface area contributed by atoms with Crippen LogP contribution < -0.4 is 14.4 Å². The topological polar surface area (TPSA) is 114 Å². The van der Waals surface area contributed by atoms with Crippen molar-refractivity contribution in [3.63, 3.8) is 0 Å². The van der Waals surface area contributed by atoms with E-state index in [1.165, 1.54) is 0 Å². The van der Waals surface area contributed by atoms with Crippen molar-refractivity contribution in [2.24, 2.45) is 24.8 Å². The molecule has 1 amide bonds. The maximum atomic E-state index is 13.5. The van der Waals surface area contributed by atoms with Crippen LogP contribution in [0.4, 0.5) is 5.69 Å². The van der Waals surface area contributed by atoms with Crippen LogP contribution in [0, 0.1) is 24.7 Å². The molecule has 2 aliphatic heterocycles. The van der Waals surface area contributed by atoms with Gasteiger partial charge in [0, 0.05) is 36.6 Å². The SMILES string of the molecule is Cc1ncc([C@@]2(O)/C=C/C[C@H](C)[C@@H](C)S(=O)(=O)NC(=O)c3ccc4c(c3)N(CCCCc3cc(Cl)ccc3CO4)C[C@@H]3CC[C@H]32)n1C. The molecule has 252 valence electrons. The smallest absolute Gasteiger partial charge is 0.264 e. The minimum absolute atomic E-state index is 0.0849. The van der Waals surface area contributed by atoms with E-state index < -0.39 is 26.8 Å². The molecular weight excluding hydrogens is 636 g/mol. The number of amides is 1. The summed E-state index contributed by atoms with van der Waals surface area (Å²) in [4.78, 5) is 20.2. The molecule has 1 aromatic heterocycles. The molecule has 0 radical (unpaired) electrons. The van der Waals surface area contributed by atoms with Gasteiger partial charge in [0.25, 0.3) is 5.91 Å². The van der Waals surface area contributed by atoms with Gasteiger partial charge in [-0.25, -0.2) is 18.1 Å². The van der Waals surface area contributed by atoms with Gasteiger partial charge in [0.05, 0.1) is 22.8 Å². The van der Waals surface area contributed by atoms with Crippen molar-refractivity contribution in [3.8, 4) is 5.75 Å². The van der Waals surface area contributed by atoms with Gasteiger partial charge in [-0.2, -0.15) is 0 Å². The second-order valence-corrected chi connectivity index (χ2v) is 16.1. The van der Waals surface area contributed by atoms with Gasteiger partial charge in [0.2, 0.25) is 10.0 Å². The Hall–Kier alpha value is -3.34. The molecule has 11 heteroatoms. The van der Waals surface area contributed by atoms with E-state index in [9.17, 15) is 18.3 Å². The van der Waals surface area contributed by atoms with E-state index >= 15 is 0 Å². The van der Waals surface area contributed by atoms with E-state index in [4.69, 9.17) is 16.3 Å². The molecule has 9 nitrogen and oxygen atoms in total. The van der Waals surface area contributed by atoms with Gasteiger partial charge >= 0.3 is 0 Å². The number of aryl methyl sites for hydroxylation is 2. The summed E-state index contributed by atoms with van der Waals surface area (Å²) in [7, 11) is -2.07. The van der Waals surface area contributed by atoms with Crippen molar-refractivity contribution in [2.75, 3.05) is 18.0 Å². The molecule has 0 spiro atoms. The molecule has 1 fully saturated rings. The van der Waals surface area contributed by atoms with E-state index in [1.807, 2.05) is 55.8 Å². The largest absolute Gasteiger partial charge is 0.487 e. The van der Waals surface area contributed by atoms with Crippen molar-refractivity contribution in [3.05, 3.63) is 88.0 Å². The number of allylic oxidation sites excluding steroid dienone is 1. The lowest BCUT2D eigenvalue weighted by molar-refractivity contribution is -0.0546. The first-order chi connectivity index (χ1) is 22.4. The van der Waals surface area contributed by atoms with Crippen LogP contribution in [0.15, 0.2) is 54.7 Å². The number of nitrogens with zero attached hydrogens (tertiary/aromatic N) is 3. The Balaban J connectivity index is 1.44. The van der Waals surface area contributed by atoms with Crippen LogP contribution in [0.3, 0.4) is 0 Å². The van der Waals surface area contributed by atoms with Gasteiger partial charge < -0.3 is 19.3 Å². The number of carbonyl (C=O) groups is 1. The van der Waals surface area contributed by atoms with Gasteiger partial charge in [0.15, 0.2) is 0 Å². The number of halogens is 1. The maximum Gasteiger partial charge on any atom is 0.264 e. The zero-order valence-electron chi connectivity index (χ0n) is 27.6. The number of aliphatic hydroxyl groups is 1. The highest BCUT2D eigenvalue weighted by molar-refractivity contribution is 7.90. The summed E-state index contributed by atoms with van der Waals surface area (Å²) in [6, 6.07) is 11.0. The Bertz CT molecular complexity index is 1790. The number of sulfonamides is 1. The lowest BCUT2D eigenvalue weighted by atomic mass is 9.63. The Labute approximate surface area is 283 Å². The number of fused-ring (bicyclic) bond motifs is 3. The predicted octanol–water partition coefficient (Wildman–Crippen LogP) is 6.06. The lowest BCUT2D eigenvalue weighted by Crippen LogP contribution is -2.49. The van der Waals surface area contributed by atoms with Gasteiger partial charge in [-0.3, -0.25) is 4.79 Å². The molecule has 3 heterocycles. The number of aromatic nitrogens is 2. The van der Waals surface area contributed by atoms with Crippen molar-refractivity contribution >= 4 is 33.2 Å². The van der Waals surface area contributed by atoms with Crippen LogP contribution in [0.2, 0.25) is 5.02 Å². The third-order valence-corrected chi connectivity index (χ3v) is 12.9. The zero-order chi connectivity index (χ0) is 33.5. The number of imidazole rings is 1. The highest BCUT2D eigenvalue weighted by atomic mass is 35.5. The normalized spacial score (nSPS) is 28.8. The second-order valence-electron chi connectivity index (χ2n) is 13.6. The molecule has 1 saturated carbocycles. The van der Waals surface area contributed by atoms with Crippen molar-refractivity contribution in [2.45, 2.75) is 76.8 Å². The fourth-order valence-corrected chi connectivity index (χ4v) is 8.72. The average Bonchev–Trinajstić information content (AvgIpc) is 3.35. The van der Waals surface area contributed by atoms with Crippen molar-refractivity contribution < 1.29 is 23.1 Å². The number of ether oxygens (including phenoxy) is 1. The number of benzene rings is 2. The maximum absolute atomic E-state index is 13.5. The summed E-state index contributed by atoms with van der Waals surface area (Å²) in [5.74, 6) is 0.513. The summed E-state index contributed by atoms with van der Waals surface area (Å²) < 4.78 is 37.6.